The van der Waals surface area contributed by atoms with E-state index in [9.17, 15) is 0 Å². The maximum Gasteiger partial charge on any atom is 0.165 e. The van der Waals surface area contributed by atoms with Crippen molar-refractivity contribution < 1.29 is 0 Å². The van der Waals surface area contributed by atoms with Gasteiger partial charge in [-0.05, 0) is 25.2 Å². The first-order chi connectivity index (χ1) is 7.31. The Bertz CT molecular complexity index is 391. The molecule has 1 aromatic rings. The molecule has 0 aliphatic carbocycles. The largest absolute Gasteiger partial charge is 0.355 e. The topological polar surface area (TPSA) is 29.0 Å². The zero-order chi connectivity index (χ0) is 10.7. The van der Waals surface area contributed by atoms with Gasteiger partial charge in [0.1, 0.15) is 11.5 Å². The van der Waals surface area contributed by atoms with Crippen LogP contribution in [0.2, 0.25) is 5.15 Å². The van der Waals surface area contributed by atoms with Gasteiger partial charge in [-0.15, -0.1) is 6.42 Å². The number of hydrogen-bond donors (Lipinski definition) is 0. The fourth-order valence-electron chi connectivity index (χ4n) is 1.73. The fraction of sp³-hybridized carbons (Fsp3) is 0.455. The molecule has 0 N–H and O–H groups in total. The van der Waals surface area contributed by atoms with Crippen LogP contribution in [0.15, 0.2) is 6.20 Å². The molecule has 78 valence electrons. The minimum absolute atomic E-state index is 0.320. The number of anilines is 1. The summed E-state index contributed by atoms with van der Waals surface area (Å²) in [6, 6.07) is 0. The van der Waals surface area contributed by atoms with Crippen molar-refractivity contribution in [3.8, 4) is 12.3 Å². The van der Waals surface area contributed by atoms with Crippen LogP contribution < -0.4 is 4.90 Å². The number of aromatic nitrogens is 2. The summed E-state index contributed by atoms with van der Waals surface area (Å²) in [5.41, 5.74) is 0.414. The Balaban J connectivity index is 2.22. The molecule has 0 bridgehead atoms. The second kappa shape index (κ2) is 4.50. The zero-order valence-corrected chi connectivity index (χ0v) is 9.17. The van der Waals surface area contributed by atoms with Crippen molar-refractivity contribution in [1.29, 1.82) is 0 Å². The van der Waals surface area contributed by atoms with Crippen molar-refractivity contribution in [2.24, 2.45) is 0 Å². The van der Waals surface area contributed by atoms with Crippen LogP contribution in [0.25, 0.3) is 0 Å². The van der Waals surface area contributed by atoms with E-state index in [-0.39, 0.29) is 0 Å². The lowest BCUT2D eigenvalue weighted by Crippen LogP contribution is -2.30. The molecule has 1 fully saturated rings. The number of hydrogen-bond acceptors (Lipinski definition) is 3. The van der Waals surface area contributed by atoms with Gasteiger partial charge < -0.3 is 4.90 Å². The molecule has 1 aliphatic heterocycles. The maximum atomic E-state index is 5.91. The average molecular weight is 222 g/mol. The third-order valence-corrected chi connectivity index (χ3v) is 2.80. The minimum Gasteiger partial charge on any atom is -0.355 e. The monoisotopic (exact) mass is 221 g/mol. The molecule has 3 nitrogen and oxygen atoms in total. The first kappa shape index (κ1) is 10.3. The molecule has 1 aliphatic rings. The molecule has 0 saturated carbocycles. The molecule has 0 radical (unpaired) electrons. The molecule has 1 aromatic heterocycles. The SMILES string of the molecule is C#Cc1ncc(N2CCCCC2)nc1Cl. The Morgan fingerprint density at radius 3 is 2.67 bits per heavy atom. The zero-order valence-electron chi connectivity index (χ0n) is 8.41. The van der Waals surface area contributed by atoms with Crippen LogP contribution in [0.3, 0.4) is 0 Å². The second-order valence-corrected chi connectivity index (χ2v) is 3.92. The molecule has 0 atom stereocenters. The van der Waals surface area contributed by atoms with E-state index < -0.39 is 0 Å². The van der Waals surface area contributed by atoms with Crippen LogP contribution >= 0.6 is 11.6 Å². The Kier molecular flexibility index (Phi) is 3.08. The summed E-state index contributed by atoms with van der Waals surface area (Å²) in [6.45, 7) is 2.06. The lowest BCUT2D eigenvalue weighted by atomic mass is 10.1. The first-order valence-electron chi connectivity index (χ1n) is 5.05. The minimum atomic E-state index is 0.320. The molecule has 0 aromatic carbocycles. The van der Waals surface area contributed by atoms with Crippen molar-refractivity contribution >= 4 is 17.4 Å². The number of terminal acetylenes is 1. The van der Waals surface area contributed by atoms with Gasteiger partial charge in [0.25, 0.3) is 0 Å². The number of piperidine rings is 1. The van der Waals surface area contributed by atoms with Crippen LogP contribution in [0.4, 0.5) is 5.82 Å². The van der Waals surface area contributed by atoms with Gasteiger partial charge in [-0.3, -0.25) is 0 Å². The van der Waals surface area contributed by atoms with Gasteiger partial charge in [0.05, 0.1) is 6.20 Å². The molecule has 0 unspecified atom stereocenters. The molecule has 0 spiro atoms. The van der Waals surface area contributed by atoms with E-state index in [2.05, 4.69) is 20.8 Å². The quantitative estimate of drug-likeness (QED) is 0.681. The van der Waals surface area contributed by atoms with Gasteiger partial charge in [0.15, 0.2) is 5.15 Å². The highest BCUT2D eigenvalue weighted by atomic mass is 35.5. The summed E-state index contributed by atoms with van der Waals surface area (Å²) in [5, 5.41) is 0.320. The summed E-state index contributed by atoms with van der Waals surface area (Å²) in [5.74, 6) is 3.23. The summed E-state index contributed by atoms with van der Waals surface area (Å²) >= 11 is 5.91. The van der Waals surface area contributed by atoms with Gasteiger partial charge in [0.2, 0.25) is 0 Å². The average Bonchev–Trinajstić information content (AvgIpc) is 2.30. The summed E-state index contributed by atoms with van der Waals surface area (Å²) in [7, 11) is 0. The van der Waals surface area contributed by atoms with E-state index >= 15 is 0 Å². The first-order valence-corrected chi connectivity index (χ1v) is 5.43. The van der Waals surface area contributed by atoms with E-state index in [1.165, 1.54) is 19.3 Å². The number of rotatable bonds is 1. The third kappa shape index (κ3) is 2.21. The second-order valence-electron chi connectivity index (χ2n) is 3.56. The molecule has 1 saturated heterocycles. The molecule has 0 amide bonds. The molecule has 2 heterocycles. The van der Waals surface area contributed by atoms with Gasteiger partial charge in [0, 0.05) is 13.1 Å². The Labute approximate surface area is 94.5 Å². The maximum absolute atomic E-state index is 5.91. The van der Waals surface area contributed by atoms with Crippen molar-refractivity contribution in [2.45, 2.75) is 19.3 Å². The standard InChI is InChI=1S/C11H12ClN3/c1-2-9-11(12)14-10(8-13-9)15-6-4-3-5-7-15/h1,8H,3-7H2. The third-order valence-electron chi connectivity index (χ3n) is 2.53. The Hall–Kier alpha value is -1.27. The number of halogens is 1. The van der Waals surface area contributed by atoms with Crippen molar-refractivity contribution in [3.63, 3.8) is 0 Å². The van der Waals surface area contributed by atoms with E-state index in [1.807, 2.05) is 0 Å². The van der Waals surface area contributed by atoms with E-state index in [0.29, 0.717) is 10.8 Å². The van der Waals surface area contributed by atoms with E-state index in [1.54, 1.807) is 6.20 Å². The fourth-order valence-corrected chi connectivity index (χ4v) is 1.92. The van der Waals surface area contributed by atoms with E-state index in [0.717, 1.165) is 18.9 Å². The van der Waals surface area contributed by atoms with Gasteiger partial charge in [-0.1, -0.05) is 11.6 Å². The predicted molar refractivity (Wildman–Crippen MR) is 61.0 cm³/mol. The lowest BCUT2D eigenvalue weighted by Gasteiger charge is -2.27. The smallest absolute Gasteiger partial charge is 0.165 e. The summed E-state index contributed by atoms with van der Waals surface area (Å²) in [6.07, 6.45) is 10.6. The van der Waals surface area contributed by atoms with Gasteiger partial charge in [-0.2, -0.15) is 0 Å². The van der Waals surface area contributed by atoms with Crippen LogP contribution in [-0.4, -0.2) is 23.1 Å². The normalized spacial score (nSPS) is 16.1. The molecular weight excluding hydrogens is 210 g/mol. The summed E-state index contributed by atoms with van der Waals surface area (Å²) in [4.78, 5) is 10.6. The number of nitrogens with zero attached hydrogens (tertiary/aromatic N) is 3. The highest BCUT2D eigenvalue weighted by molar-refractivity contribution is 6.30. The Morgan fingerprint density at radius 2 is 2.07 bits per heavy atom. The Morgan fingerprint density at radius 1 is 1.33 bits per heavy atom. The highest BCUT2D eigenvalue weighted by Crippen LogP contribution is 2.19. The molecular formula is C11H12ClN3. The van der Waals surface area contributed by atoms with Crippen LogP contribution in [0, 0.1) is 12.3 Å². The van der Waals surface area contributed by atoms with Crippen molar-refractivity contribution in [1.82, 2.24) is 9.97 Å². The van der Waals surface area contributed by atoms with Crippen LogP contribution in [0.1, 0.15) is 25.0 Å². The lowest BCUT2D eigenvalue weighted by molar-refractivity contribution is 0.572. The van der Waals surface area contributed by atoms with E-state index in [4.69, 9.17) is 18.0 Å². The van der Waals surface area contributed by atoms with Crippen LogP contribution in [-0.2, 0) is 0 Å². The summed E-state index contributed by atoms with van der Waals surface area (Å²) < 4.78 is 0. The van der Waals surface area contributed by atoms with Gasteiger partial charge in [-0.25, -0.2) is 9.97 Å². The van der Waals surface area contributed by atoms with Crippen molar-refractivity contribution in [3.05, 3.63) is 17.0 Å². The molecule has 2 rings (SSSR count). The molecule has 4 heteroatoms. The molecule has 15 heavy (non-hydrogen) atoms. The predicted octanol–water partition coefficient (Wildman–Crippen LogP) is 2.10. The van der Waals surface area contributed by atoms with Gasteiger partial charge >= 0.3 is 0 Å². The van der Waals surface area contributed by atoms with Crippen LogP contribution in [0.5, 0.6) is 0 Å². The highest BCUT2D eigenvalue weighted by Gasteiger charge is 2.13. The van der Waals surface area contributed by atoms with Crippen molar-refractivity contribution in [2.75, 3.05) is 18.0 Å².